The van der Waals surface area contributed by atoms with Crippen molar-refractivity contribution in [3.63, 3.8) is 0 Å². The third-order valence-electron chi connectivity index (χ3n) is 4.29. The van der Waals surface area contributed by atoms with Crippen LogP contribution in [0.4, 0.5) is 4.39 Å². The van der Waals surface area contributed by atoms with E-state index in [1.54, 1.807) is 6.07 Å². The molecule has 1 unspecified atom stereocenters. The molecule has 1 fully saturated rings. The summed E-state index contributed by atoms with van der Waals surface area (Å²) in [7, 11) is 0. The highest BCUT2D eigenvalue weighted by Gasteiger charge is 2.33. The summed E-state index contributed by atoms with van der Waals surface area (Å²) in [5.41, 5.74) is 2.39. The van der Waals surface area contributed by atoms with Gasteiger partial charge in [0, 0.05) is 31.2 Å². The molecule has 0 aromatic heterocycles. The second kappa shape index (κ2) is 5.59. The first-order valence-corrected chi connectivity index (χ1v) is 7.16. The molecule has 1 saturated heterocycles. The van der Waals surface area contributed by atoms with Gasteiger partial charge in [-0.05, 0) is 50.5 Å². The first kappa shape index (κ1) is 14.5. The molecular weight excluding hydrogens is 239 g/mol. The van der Waals surface area contributed by atoms with Crippen LogP contribution in [0.15, 0.2) is 18.2 Å². The Morgan fingerprint density at radius 2 is 2.16 bits per heavy atom. The minimum atomic E-state index is -0.138. The smallest absolute Gasteiger partial charge is 0.123 e. The summed E-state index contributed by atoms with van der Waals surface area (Å²) in [4.78, 5) is 2.47. The minimum Gasteiger partial charge on any atom is -0.311 e. The van der Waals surface area contributed by atoms with Gasteiger partial charge < -0.3 is 5.32 Å². The summed E-state index contributed by atoms with van der Waals surface area (Å²) in [6.07, 6.45) is 1.13. The van der Waals surface area contributed by atoms with Gasteiger partial charge in [-0.25, -0.2) is 4.39 Å². The van der Waals surface area contributed by atoms with Gasteiger partial charge in [0.2, 0.25) is 0 Å². The summed E-state index contributed by atoms with van der Waals surface area (Å²) in [6, 6.07) is 5.63. The van der Waals surface area contributed by atoms with Gasteiger partial charge in [-0.15, -0.1) is 0 Å². The SMILES string of the molecule is CCC1CN(Cc2cc(F)ccc2C)C(C)(C)CN1. The van der Waals surface area contributed by atoms with Gasteiger partial charge in [0.25, 0.3) is 0 Å². The minimum absolute atomic E-state index is 0.116. The molecule has 0 spiro atoms. The van der Waals surface area contributed by atoms with Gasteiger partial charge >= 0.3 is 0 Å². The van der Waals surface area contributed by atoms with Crippen LogP contribution in [-0.2, 0) is 6.54 Å². The second-order valence-corrected chi connectivity index (χ2v) is 6.25. The lowest BCUT2D eigenvalue weighted by atomic mass is 9.95. The first-order valence-electron chi connectivity index (χ1n) is 7.16. The molecule has 1 heterocycles. The third-order valence-corrected chi connectivity index (χ3v) is 4.29. The van der Waals surface area contributed by atoms with Crippen molar-refractivity contribution in [2.24, 2.45) is 0 Å². The fraction of sp³-hybridized carbons (Fsp3) is 0.625. The van der Waals surface area contributed by atoms with Crippen molar-refractivity contribution in [3.8, 4) is 0 Å². The largest absolute Gasteiger partial charge is 0.311 e. The van der Waals surface area contributed by atoms with E-state index in [-0.39, 0.29) is 11.4 Å². The van der Waals surface area contributed by atoms with E-state index in [4.69, 9.17) is 0 Å². The van der Waals surface area contributed by atoms with Gasteiger partial charge in [-0.2, -0.15) is 0 Å². The van der Waals surface area contributed by atoms with Gasteiger partial charge in [0.05, 0.1) is 0 Å². The van der Waals surface area contributed by atoms with E-state index >= 15 is 0 Å². The maximum absolute atomic E-state index is 13.4. The molecule has 19 heavy (non-hydrogen) atoms. The molecule has 0 radical (unpaired) electrons. The van der Waals surface area contributed by atoms with Crippen LogP contribution in [0.3, 0.4) is 0 Å². The number of hydrogen-bond donors (Lipinski definition) is 1. The van der Waals surface area contributed by atoms with Crippen LogP contribution in [-0.4, -0.2) is 29.6 Å². The molecule has 0 amide bonds. The van der Waals surface area contributed by atoms with Crippen LogP contribution in [0.2, 0.25) is 0 Å². The number of nitrogens with one attached hydrogen (secondary N) is 1. The topological polar surface area (TPSA) is 15.3 Å². The van der Waals surface area contributed by atoms with E-state index < -0.39 is 0 Å². The summed E-state index contributed by atoms with van der Waals surface area (Å²) in [5.74, 6) is -0.138. The average molecular weight is 264 g/mol. The Bertz CT molecular complexity index is 442. The van der Waals surface area contributed by atoms with E-state index in [9.17, 15) is 4.39 Å². The molecule has 0 aliphatic carbocycles. The number of nitrogens with zero attached hydrogens (tertiary/aromatic N) is 1. The predicted molar refractivity (Wildman–Crippen MR) is 77.7 cm³/mol. The highest BCUT2D eigenvalue weighted by Crippen LogP contribution is 2.23. The van der Waals surface area contributed by atoms with Crippen LogP contribution in [0.5, 0.6) is 0 Å². The van der Waals surface area contributed by atoms with E-state index in [0.717, 1.165) is 31.6 Å². The second-order valence-electron chi connectivity index (χ2n) is 6.25. The van der Waals surface area contributed by atoms with E-state index in [0.29, 0.717) is 6.04 Å². The van der Waals surface area contributed by atoms with Gasteiger partial charge in [0.1, 0.15) is 5.82 Å². The van der Waals surface area contributed by atoms with Gasteiger partial charge in [-0.1, -0.05) is 13.0 Å². The molecule has 1 atom stereocenters. The Morgan fingerprint density at radius 3 is 2.84 bits per heavy atom. The monoisotopic (exact) mass is 264 g/mol. The van der Waals surface area contributed by atoms with Crippen LogP contribution in [0.25, 0.3) is 0 Å². The molecule has 0 saturated carbocycles. The highest BCUT2D eigenvalue weighted by atomic mass is 19.1. The molecule has 0 bridgehead atoms. The third kappa shape index (κ3) is 3.34. The molecule has 2 rings (SSSR count). The molecule has 3 heteroatoms. The number of benzene rings is 1. The maximum Gasteiger partial charge on any atom is 0.123 e. The van der Waals surface area contributed by atoms with Crippen molar-refractivity contribution in [3.05, 3.63) is 35.1 Å². The molecule has 1 aromatic carbocycles. The number of hydrogen-bond acceptors (Lipinski definition) is 2. The number of rotatable bonds is 3. The number of aryl methyl sites for hydroxylation is 1. The summed E-state index contributed by atoms with van der Waals surface area (Å²) in [5, 5.41) is 3.59. The van der Waals surface area contributed by atoms with Crippen LogP contribution in [0.1, 0.15) is 38.3 Å². The zero-order valence-corrected chi connectivity index (χ0v) is 12.5. The molecule has 1 aliphatic rings. The summed E-state index contributed by atoms with van der Waals surface area (Å²) < 4.78 is 13.4. The Morgan fingerprint density at radius 1 is 1.42 bits per heavy atom. The maximum atomic E-state index is 13.4. The fourth-order valence-electron chi connectivity index (χ4n) is 2.65. The zero-order chi connectivity index (χ0) is 14.0. The Balaban J connectivity index is 2.17. The molecule has 106 valence electrons. The van der Waals surface area contributed by atoms with Crippen molar-refractivity contribution in [2.45, 2.75) is 52.2 Å². The first-order chi connectivity index (χ1) is 8.92. The van der Waals surface area contributed by atoms with Crippen LogP contribution < -0.4 is 5.32 Å². The lowest BCUT2D eigenvalue weighted by Gasteiger charge is -2.46. The average Bonchev–Trinajstić information content (AvgIpc) is 2.36. The van der Waals surface area contributed by atoms with Crippen molar-refractivity contribution in [2.75, 3.05) is 13.1 Å². The van der Waals surface area contributed by atoms with E-state index in [1.165, 1.54) is 11.6 Å². The fourth-order valence-corrected chi connectivity index (χ4v) is 2.65. The summed E-state index contributed by atoms with van der Waals surface area (Å²) in [6.45, 7) is 11.6. The Labute approximate surface area is 116 Å². The highest BCUT2D eigenvalue weighted by molar-refractivity contribution is 5.26. The summed E-state index contributed by atoms with van der Waals surface area (Å²) >= 11 is 0. The quantitative estimate of drug-likeness (QED) is 0.902. The predicted octanol–water partition coefficient (Wildman–Crippen LogP) is 3.10. The Kier molecular flexibility index (Phi) is 4.26. The van der Waals surface area contributed by atoms with E-state index in [1.807, 2.05) is 6.07 Å². The van der Waals surface area contributed by atoms with Crippen LogP contribution in [0, 0.1) is 12.7 Å². The lowest BCUT2D eigenvalue weighted by Crippen LogP contribution is -2.61. The van der Waals surface area contributed by atoms with Gasteiger partial charge in [0.15, 0.2) is 0 Å². The molecule has 1 aromatic rings. The molecule has 2 nitrogen and oxygen atoms in total. The van der Waals surface area contributed by atoms with E-state index in [2.05, 4.69) is 37.9 Å². The van der Waals surface area contributed by atoms with Crippen molar-refractivity contribution >= 4 is 0 Å². The van der Waals surface area contributed by atoms with Gasteiger partial charge in [-0.3, -0.25) is 4.90 Å². The number of halogens is 1. The molecule has 1 N–H and O–H groups in total. The molecular formula is C16H25FN2. The van der Waals surface area contributed by atoms with Crippen molar-refractivity contribution < 1.29 is 4.39 Å². The van der Waals surface area contributed by atoms with Crippen molar-refractivity contribution in [1.29, 1.82) is 0 Å². The normalized spacial score (nSPS) is 23.5. The zero-order valence-electron chi connectivity index (χ0n) is 12.5. The lowest BCUT2D eigenvalue weighted by molar-refractivity contribution is 0.0574. The van der Waals surface area contributed by atoms with Crippen molar-refractivity contribution in [1.82, 2.24) is 10.2 Å². The standard InChI is InChI=1S/C16H25FN2/c1-5-15-10-19(16(3,4)11-18-15)9-13-8-14(17)7-6-12(13)2/h6-8,15,18H,5,9-11H2,1-4H3. The molecule has 1 aliphatic heterocycles. The Hall–Kier alpha value is -0.930. The van der Waals surface area contributed by atoms with Crippen LogP contribution >= 0.6 is 0 Å². The number of piperazine rings is 1.